The van der Waals surface area contributed by atoms with Gasteiger partial charge in [-0.2, -0.15) is 0 Å². The monoisotopic (exact) mass is 406 g/mol. The van der Waals surface area contributed by atoms with Gasteiger partial charge in [-0.1, -0.05) is 6.07 Å². The van der Waals surface area contributed by atoms with E-state index in [2.05, 4.69) is 28.9 Å². The highest BCUT2D eigenvalue weighted by molar-refractivity contribution is 5.94. The Labute approximate surface area is 176 Å². The number of carbonyl (C=O) groups excluding carboxylic acids is 2. The van der Waals surface area contributed by atoms with E-state index in [0.717, 1.165) is 41.9 Å². The van der Waals surface area contributed by atoms with Gasteiger partial charge in [-0.25, -0.2) is 13.9 Å². The number of ether oxygens (including phenoxy) is 1. The predicted molar refractivity (Wildman–Crippen MR) is 116 cm³/mol. The molecule has 3 aromatic rings. The first-order valence-corrected chi connectivity index (χ1v) is 10.6. The average Bonchev–Trinajstić information content (AvgIpc) is 3.30. The number of esters is 1. The Balaban J connectivity index is 1.63. The van der Waals surface area contributed by atoms with E-state index in [9.17, 15) is 9.59 Å². The van der Waals surface area contributed by atoms with Crippen LogP contribution in [0.4, 0.5) is 5.69 Å². The number of anilines is 1. The second-order valence-corrected chi connectivity index (χ2v) is 7.69. The number of fused-ring (bicyclic) bond motifs is 2. The number of aryl methyl sites for hydroxylation is 3. The molecule has 0 aliphatic heterocycles. The molecule has 1 amide bonds. The summed E-state index contributed by atoms with van der Waals surface area (Å²) in [7, 11) is 0. The van der Waals surface area contributed by atoms with Crippen molar-refractivity contribution >= 4 is 28.6 Å². The molecule has 0 saturated heterocycles. The highest BCUT2D eigenvalue weighted by Gasteiger charge is 2.24. The van der Waals surface area contributed by atoms with Crippen LogP contribution in [-0.4, -0.2) is 23.1 Å². The molecule has 156 valence electrons. The number of carbonyl (C=O) groups is 2. The molecule has 0 atom stereocenters. The van der Waals surface area contributed by atoms with Crippen molar-refractivity contribution in [1.82, 2.24) is 4.57 Å². The van der Waals surface area contributed by atoms with Crippen molar-refractivity contribution in [2.45, 2.75) is 53.1 Å². The lowest BCUT2D eigenvalue weighted by atomic mass is 10.1. The minimum atomic E-state index is -0.351. The number of aromatic nitrogens is 2. The minimum absolute atomic E-state index is 0.0854. The van der Waals surface area contributed by atoms with Crippen LogP contribution in [0.2, 0.25) is 0 Å². The zero-order valence-electron chi connectivity index (χ0n) is 17.8. The van der Waals surface area contributed by atoms with Crippen LogP contribution < -0.4 is 9.88 Å². The van der Waals surface area contributed by atoms with Crippen molar-refractivity contribution in [2.75, 3.05) is 11.9 Å². The number of hydrogen-bond acceptors (Lipinski definition) is 3. The number of rotatable bonds is 6. The normalized spacial score (nSPS) is 12.8. The molecule has 0 unspecified atom stereocenters. The highest BCUT2D eigenvalue weighted by atomic mass is 16.5. The molecule has 1 N–H and O–H groups in total. The van der Waals surface area contributed by atoms with Crippen LogP contribution >= 0.6 is 0 Å². The number of nitrogens with one attached hydrogen (secondary N) is 1. The van der Waals surface area contributed by atoms with E-state index in [0.29, 0.717) is 12.2 Å². The van der Waals surface area contributed by atoms with E-state index in [1.807, 2.05) is 29.7 Å². The number of nitrogens with zero attached hydrogens (tertiary/aromatic N) is 2. The maximum Gasteiger partial charge on any atom is 0.338 e. The third-order valence-electron chi connectivity index (χ3n) is 5.85. The van der Waals surface area contributed by atoms with Crippen LogP contribution in [0.25, 0.3) is 11.0 Å². The summed E-state index contributed by atoms with van der Waals surface area (Å²) < 4.78 is 9.25. The molecule has 1 aromatic heterocycles. The quantitative estimate of drug-likeness (QED) is 0.503. The summed E-state index contributed by atoms with van der Waals surface area (Å²) in [6.07, 6.45) is 3.38. The van der Waals surface area contributed by atoms with Crippen LogP contribution in [0.3, 0.4) is 0 Å². The molecule has 0 spiro atoms. The fourth-order valence-corrected chi connectivity index (χ4v) is 4.40. The Morgan fingerprint density at radius 3 is 2.67 bits per heavy atom. The van der Waals surface area contributed by atoms with Crippen molar-refractivity contribution < 1.29 is 18.9 Å². The van der Waals surface area contributed by atoms with Gasteiger partial charge in [0, 0.05) is 18.7 Å². The van der Waals surface area contributed by atoms with Gasteiger partial charge in [0.1, 0.15) is 0 Å². The summed E-state index contributed by atoms with van der Waals surface area (Å²) in [5, 5.41) is 3.04. The summed E-state index contributed by atoms with van der Waals surface area (Å²) in [6.45, 7) is 7.14. The van der Waals surface area contributed by atoms with Crippen molar-refractivity contribution in [3.63, 3.8) is 0 Å². The van der Waals surface area contributed by atoms with Gasteiger partial charge >= 0.3 is 5.97 Å². The Bertz CT molecular complexity index is 1130. The first-order chi connectivity index (χ1) is 14.5. The fourth-order valence-electron chi connectivity index (χ4n) is 4.40. The van der Waals surface area contributed by atoms with Crippen molar-refractivity contribution in [3.05, 3.63) is 58.9 Å². The minimum Gasteiger partial charge on any atom is -0.462 e. The van der Waals surface area contributed by atoms with Gasteiger partial charge in [-0.3, -0.25) is 4.79 Å². The molecule has 4 rings (SSSR count). The molecule has 1 aliphatic rings. The molecule has 0 saturated carbocycles. The molecule has 1 aliphatic carbocycles. The molecular weight excluding hydrogens is 378 g/mol. The van der Waals surface area contributed by atoms with Gasteiger partial charge in [-0.15, -0.1) is 0 Å². The van der Waals surface area contributed by atoms with Crippen LogP contribution in [0.1, 0.15) is 47.6 Å². The van der Waals surface area contributed by atoms with E-state index < -0.39 is 0 Å². The predicted octanol–water partition coefficient (Wildman–Crippen LogP) is 3.56. The topological polar surface area (TPSA) is 64.2 Å². The number of imidazole rings is 1. The van der Waals surface area contributed by atoms with Crippen LogP contribution in [0, 0.1) is 6.92 Å². The maximum atomic E-state index is 12.9. The first kappa shape index (κ1) is 20.1. The van der Waals surface area contributed by atoms with E-state index in [4.69, 9.17) is 4.74 Å². The summed E-state index contributed by atoms with van der Waals surface area (Å²) in [5.74, 6) is 0.533. The maximum absolute atomic E-state index is 12.9. The van der Waals surface area contributed by atoms with E-state index in [1.54, 1.807) is 13.0 Å². The second kappa shape index (κ2) is 8.30. The van der Waals surface area contributed by atoms with Crippen LogP contribution in [0.15, 0.2) is 36.4 Å². The van der Waals surface area contributed by atoms with Crippen LogP contribution in [-0.2, 0) is 35.5 Å². The zero-order valence-corrected chi connectivity index (χ0v) is 17.8. The van der Waals surface area contributed by atoms with Crippen LogP contribution in [0.5, 0.6) is 0 Å². The van der Waals surface area contributed by atoms with E-state index >= 15 is 0 Å². The third-order valence-corrected chi connectivity index (χ3v) is 5.85. The first-order valence-electron chi connectivity index (χ1n) is 10.6. The molecule has 1 heterocycles. The van der Waals surface area contributed by atoms with E-state index in [1.165, 1.54) is 17.5 Å². The third kappa shape index (κ3) is 3.70. The Hall–Kier alpha value is -3.15. The molecule has 0 bridgehead atoms. The van der Waals surface area contributed by atoms with Gasteiger partial charge in [-0.05, 0) is 68.5 Å². The molecule has 6 heteroatoms. The smallest absolute Gasteiger partial charge is 0.338 e. The van der Waals surface area contributed by atoms with Crippen molar-refractivity contribution in [1.29, 1.82) is 0 Å². The molecule has 0 fully saturated rings. The number of benzene rings is 2. The molecule has 6 nitrogen and oxygen atoms in total. The second-order valence-electron chi connectivity index (χ2n) is 7.69. The number of hydrogen-bond donors (Lipinski definition) is 1. The van der Waals surface area contributed by atoms with Gasteiger partial charge < -0.3 is 10.1 Å². The summed E-state index contributed by atoms with van der Waals surface area (Å²) in [5.41, 5.74) is 5.89. The average molecular weight is 407 g/mol. The Morgan fingerprint density at radius 2 is 1.90 bits per heavy atom. The highest BCUT2D eigenvalue weighted by Crippen LogP contribution is 2.25. The van der Waals surface area contributed by atoms with Crippen molar-refractivity contribution in [3.8, 4) is 0 Å². The molecule has 0 radical (unpaired) electrons. The Kier molecular flexibility index (Phi) is 5.57. The molecular formula is C24H28N3O3+. The fraction of sp³-hybridized carbons (Fsp3) is 0.375. The van der Waals surface area contributed by atoms with Gasteiger partial charge in [0.15, 0.2) is 17.6 Å². The zero-order chi connectivity index (χ0) is 21.3. The van der Waals surface area contributed by atoms with Gasteiger partial charge in [0.25, 0.3) is 11.7 Å². The van der Waals surface area contributed by atoms with Crippen molar-refractivity contribution in [2.24, 2.45) is 0 Å². The summed E-state index contributed by atoms with van der Waals surface area (Å²) >= 11 is 0. The molecule has 30 heavy (non-hydrogen) atoms. The van der Waals surface area contributed by atoms with Gasteiger partial charge in [0.05, 0.1) is 18.7 Å². The lowest BCUT2D eigenvalue weighted by Gasteiger charge is -2.07. The Morgan fingerprint density at radius 1 is 1.10 bits per heavy atom. The standard InChI is InChI=1S/C24H27N3O3/c1-4-26-16(3)27(22-14-19(10-12-21(22)26)24(29)30-5-2)15-23(28)25-20-11-9-17-7-6-8-18(17)13-20/h9-14H,4-8,15H2,1-3H3/p+1. The number of amides is 1. The SMILES string of the molecule is CCOC(=O)c1ccc2c(c1)n(CC(=O)Nc1ccc3c(c1)CCC3)c(C)[n+]2CC. The summed E-state index contributed by atoms with van der Waals surface area (Å²) in [6, 6.07) is 11.7. The van der Waals surface area contributed by atoms with E-state index in [-0.39, 0.29) is 18.4 Å². The van der Waals surface area contributed by atoms with Gasteiger partial charge in [0.2, 0.25) is 0 Å². The lowest BCUT2D eigenvalue weighted by molar-refractivity contribution is -0.674. The lowest BCUT2D eigenvalue weighted by Crippen LogP contribution is -2.35. The largest absolute Gasteiger partial charge is 0.462 e. The molecule has 2 aromatic carbocycles. The summed E-state index contributed by atoms with van der Waals surface area (Å²) in [4.78, 5) is 25.1.